The minimum Gasteiger partial charge on any atom is -0.490 e. The van der Waals surface area contributed by atoms with E-state index in [4.69, 9.17) is 9.47 Å². The van der Waals surface area contributed by atoms with Gasteiger partial charge in [-0.25, -0.2) is 5.43 Å². The van der Waals surface area contributed by atoms with Gasteiger partial charge in [0.1, 0.15) is 0 Å². The van der Waals surface area contributed by atoms with E-state index in [2.05, 4.69) is 21.2 Å². The van der Waals surface area contributed by atoms with Crippen LogP contribution in [-0.4, -0.2) is 37.1 Å². The zero-order chi connectivity index (χ0) is 27.5. The molecule has 0 aromatic heterocycles. The lowest BCUT2D eigenvalue weighted by Gasteiger charge is -2.13. The molecule has 9 nitrogen and oxygen atoms in total. The Labute approximate surface area is 222 Å². The summed E-state index contributed by atoms with van der Waals surface area (Å²) in [6.07, 6.45) is 2.10. The van der Waals surface area contributed by atoms with Crippen LogP contribution < -0.4 is 25.5 Å². The monoisotopic (exact) mass is 516 g/mol. The molecular weight excluding hydrogens is 484 g/mol. The molecule has 0 radical (unpaired) electrons. The molecule has 9 heteroatoms. The molecule has 0 aliphatic carbocycles. The van der Waals surface area contributed by atoms with Crippen LogP contribution in [0.5, 0.6) is 11.5 Å². The maximum absolute atomic E-state index is 12.4. The molecule has 0 heterocycles. The number of carbonyl (C=O) groups is 3. The second-order valence-electron chi connectivity index (χ2n) is 8.46. The van der Waals surface area contributed by atoms with E-state index in [1.54, 1.807) is 30.3 Å². The van der Waals surface area contributed by atoms with Gasteiger partial charge in [-0.3, -0.25) is 14.4 Å². The molecule has 0 bridgehead atoms. The summed E-state index contributed by atoms with van der Waals surface area (Å²) in [6.45, 7) is 7.84. The SMILES string of the molecule is CCOc1cc(/C=N\NC(=O)C(=O)Nc2ccccc2CC)ccc1OCC(=O)Nc1cc(C)ccc1C. The number of ether oxygens (including phenoxy) is 2. The van der Waals surface area contributed by atoms with Crippen molar-refractivity contribution in [2.24, 2.45) is 5.10 Å². The van der Waals surface area contributed by atoms with Gasteiger partial charge >= 0.3 is 11.8 Å². The molecule has 0 fully saturated rings. The molecule has 0 atom stereocenters. The summed E-state index contributed by atoms with van der Waals surface area (Å²) in [6, 6.07) is 18.1. The number of amides is 3. The molecular formula is C29H32N4O5. The molecule has 0 saturated heterocycles. The molecule has 0 spiro atoms. The Bertz CT molecular complexity index is 1340. The zero-order valence-corrected chi connectivity index (χ0v) is 22.0. The summed E-state index contributed by atoms with van der Waals surface area (Å²) in [5.41, 5.74) is 7.05. The van der Waals surface area contributed by atoms with Gasteiger partial charge in [0.2, 0.25) is 0 Å². The van der Waals surface area contributed by atoms with Gasteiger partial charge in [-0.1, -0.05) is 37.3 Å². The van der Waals surface area contributed by atoms with E-state index in [1.807, 2.05) is 58.0 Å². The second-order valence-corrected chi connectivity index (χ2v) is 8.46. The van der Waals surface area contributed by atoms with Crippen molar-refractivity contribution in [2.45, 2.75) is 34.1 Å². The summed E-state index contributed by atoms with van der Waals surface area (Å²) in [5.74, 6) is -1.21. The number of para-hydroxylation sites is 1. The lowest BCUT2D eigenvalue weighted by Crippen LogP contribution is -2.32. The first kappa shape index (κ1) is 27.9. The normalized spacial score (nSPS) is 10.6. The molecule has 0 saturated carbocycles. The Morgan fingerprint density at radius 1 is 0.842 bits per heavy atom. The van der Waals surface area contributed by atoms with Crippen molar-refractivity contribution in [2.75, 3.05) is 23.8 Å². The van der Waals surface area contributed by atoms with Gasteiger partial charge in [0.25, 0.3) is 5.91 Å². The van der Waals surface area contributed by atoms with Crippen molar-refractivity contribution < 1.29 is 23.9 Å². The van der Waals surface area contributed by atoms with Crippen LogP contribution in [0, 0.1) is 13.8 Å². The molecule has 0 aliphatic rings. The van der Waals surface area contributed by atoms with Crippen molar-refractivity contribution >= 4 is 35.3 Å². The number of hydrazone groups is 1. The molecule has 3 amide bonds. The van der Waals surface area contributed by atoms with Crippen molar-refractivity contribution in [3.63, 3.8) is 0 Å². The van der Waals surface area contributed by atoms with Gasteiger partial charge in [0.15, 0.2) is 18.1 Å². The van der Waals surface area contributed by atoms with E-state index >= 15 is 0 Å². The number of nitrogens with zero attached hydrogens (tertiary/aromatic N) is 1. The standard InChI is InChI=1S/C29H32N4O5/c1-5-22-9-7-8-10-23(22)32-28(35)29(36)33-30-17-21-13-14-25(26(16-21)37-6-2)38-18-27(34)31-24-15-19(3)11-12-20(24)4/h7-17H,5-6,18H2,1-4H3,(H,31,34)(H,32,35)(H,33,36)/b30-17-. The predicted octanol–water partition coefficient (Wildman–Crippen LogP) is 4.37. The van der Waals surface area contributed by atoms with Crippen LogP contribution in [0.1, 0.15) is 36.1 Å². The maximum atomic E-state index is 12.4. The Morgan fingerprint density at radius 3 is 2.39 bits per heavy atom. The molecule has 3 rings (SSSR count). The van der Waals surface area contributed by atoms with Crippen LogP contribution >= 0.6 is 0 Å². The number of aryl methyl sites for hydroxylation is 3. The third-order valence-electron chi connectivity index (χ3n) is 5.53. The minimum atomic E-state index is -0.896. The van der Waals surface area contributed by atoms with E-state index in [1.165, 1.54) is 6.21 Å². The molecule has 198 valence electrons. The highest BCUT2D eigenvalue weighted by molar-refractivity contribution is 6.39. The first-order valence-electron chi connectivity index (χ1n) is 12.3. The summed E-state index contributed by atoms with van der Waals surface area (Å²) in [4.78, 5) is 36.8. The number of hydrogen-bond acceptors (Lipinski definition) is 6. The fourth-order valence-corrected chi connectivity index (χ4v) is 3.54. The van der Waals surface area contributed by atoms with Crippen LogP contribution in [0.4, 0.5) is 11.4 Å². The van der Waals surface area contributed by atoms with Crippen LogP contribution in [0.15, 0.2) is 65.8 Å². The fourth-order valence-electron chi connectivity index (χ4n) is 3.54. The lowest BCUT2D eigenvalue weighted by atomic mass is 10.1. The number of hydrogen-bond donors (Lipinski definition) is 3. The van der Waals surface area contributed by atoms with E-state index in [0.717, 1.165) is 28.8 Å². The average molecular weight is 517 g/mol. The van der Waals surface area contributed by atoms with Crippen molar-refractivity contribution in [3.05, 3.63) is 82.9 Å². The largest absolute Gasteiger partial charge is 0.490 e. The molecule has 0 unspecified atom stereocenters. The van der Waals surface area contributed by atoms with E-state index in [0.29, 0.717) is 29.4 Å². The zero-order valence-electron chi connectivity index (χ0n) is 22.0. The van der Waals surface area contributed by atoms with Crippen LogP contribution in [0.25, 0.3) is 0 Å². The van der Waals surface area contributed by atoms with Crippen molar-refractivity contribution in [1.82, 2.24) is 5.43 Å². The number of nitrogens with one attached hydrogen (secondary N) is 3. The fraction of sp³-hybridized carbons (Fsp3) is 0.241. The number of rotatable bonds is 10. The highest BCUT2D eigenvalue weighted by Gasteiger charge is 2.14. The maximum Gasteiger partial charge on any atom is 0.329 e. The predicted molar refractivity (Wildman–Crippen MR) is 148 cm³/mol. The first-order chi connectivity index (χ1) is 18.3. The van der Waals surface area contributed by atoms with Gasteiger partial charge < -0.3 is 20.1 Å². The molecule has 0 aliphatic heterocycles. The number of anilines is 2. The van der Waals surface area contributed by atoms with Crippen LogP contribution in [0.2, 0.25) is 0 Å². The topological polar surface area (TPSA) is 118 Å². The van der Waals surface area contributed by atoms with Crippen molar-refractivity contribution in [1.29, 1.82) is 0 Å². The van der Waals surface area contributed by atoms with E-state index < -0.39 is 11.8 Å². The Balaban J connectivity index is 1.58. The summed E-state index contributed by atoms with van der Waals surface area (Å²) >= 11 is 0. The third kappa shape index (κ3) is 7.92. The molecule has 3 N–H and O–H groups in total. The van der Waals surface area contributed by atoms with Gasteiger partial charge in [-0.2, -0.15) is 5.10 Å². The van der Waals surface area contributed by atoms with E-state index in [-0.39, 0.29) is 12.5 Å². The van der Waals surface area contributed by atoms with Crippen LogP contribution in [0.3, 0.4) is 0 Å². The Hall–Kier alpha value is -4.66. The van der Waals surface area contributed by atoms with Gasteiger partial charge in [0.05, 0.1) is 12.8 Å². The molecule has 3 aromatic carbocycles. The highest BCUT2D eigenvalue weighted by Crippen LogP contribution is 2.28. The number of carbonyl (C=O) groups excluding carboxylic acids is 3. The average Bonchev–Trinajstić information content (AvgIpc) is 2.90. The lowest BCUT2D eigenvalue weighted by molar-refractivity contribution is -0.136. The Kier molecular flexibility index (Phi) is 9.99. The van der Waals surface area contributed by atoms with Gasteiger partial charge in [-0.05, 0) is 79.8 Å². The number of benzene rings is 3. The second kappa shape index (κ2) is 13.6. The van der Waals surface area contributed by atoms with Gasteiger partial charge in [0, 0.05) is 11.4 Å². The Morgan fingerprint density at radius 2 is 1.63 bits per heavy atom. The highest BCUT2D eigenvalue weighted by atomic mass is 16.5. The molecule has 38 heavy (non-hydrogen) atoms. The smallest absolute Gasteiger partial charge is 0.329 e. The van der Waals surface area contributed by atoms with Crippen LogP contribution in [-0.2, 0) is 20.8 Å². The molecule has 3 aromatic rings. The minimum absolute atomic E-state index is 0.201. The van der Waals surface area contributed by atoms with E-state index in [9.17, 15) is 14.4 Å². The summed E-state index contributed by atoms with van der Waals surface area (Å²) < 4.78 is 11.3. The first-order valence-corrected chi connectivity index (χ1v) is 12.3. The summed E-state index contributed by atoms with van der Waals surface area (Å²) in [7, 11) is 0. The summed E-state index contributed by atoms with van der Waals surface area (Å²) in [5, 5.41) is 9.32. The third-order valence-corrected chi connectivity index (χ3v) is 5.53. The quantitative estimate of drug-likeness (QED) is 0.210. The van der Waals surface area contributed by atoms with Gasteiger partial charge in [-0.15, -0.1) is 0 Å². The van der Waals surface area contributed by atoms with Crippen molar-refractivity contribution in [3.8, 4) is 11.5 Å².